The standard InChI is InChI=1S/C15H14ClIO/c16-14-8-4-5-12(9-14)11-18-15(10-17)13-6-2-1-3-7-13/h1-9,15H,10-11H2. The fourth-order valence-corrected chi connectivity index (χ4v) is 2.70. The Morgan fingerprint density at radius 3 is 2.50 bits per heavy atom. The fraction of sp³-hybridized carbons (Fsp3) is 0.200. The van der Waals surface area contributed by atoms with Crippen molar-refractivity contribution >= 4 is 34.2 Å². The van der Waals surface area contributed by atoms with Gasteiger partial charge in [-0.2, -0.15) is 0 Å². The van der Waals surface area contributed by atoms with Crippen molar-refractivity contribution in [3.63, 3.8) is 0 Å². The van der Waals surface area contributed by atoms with Gasteiger partial charge in [0.25, 0.3) is 0 Å². The number of alkyl halides is 1. The van der Waals surface area contributed by atoms with Crippen LogP contribution in [0.2, 0.25) is 5.02 Å². The molecule has 0 saturated heterocycles. The van der Waals surface area contributed by atoms with Gasteiger partial charge >= 0.3 is 0 Å². The lowest BCUT2D eigenvalue weighted by molar-refractivity contribution is 0.0577. The number of halogens is 2. The minimum absolute atomic E-state index is 0.130. The normalized spacial score (nSPS) is 12.3. The van der Waals surface area contributed by atoms with E-state index in [0.29, 0.717) is 6.61 Å². The maximum atomic E-state index is 5.95. The molecule has 2 aromatic carbocycles. The van der Waals surface area contributed by atoms with E-state index < -0.39 is 0 Å². The molecule has 1 atom stereocenters. The van der Waals surface area contributed by atoms with Crippen molar-refractivity contribution in [2.24, 2.45) is 0 Å². The molecule has 2 aromatic rings. The molecule has 0 radical (unpaired) electrons. The van der Waals surface area contributed by atoms with Crippen LogP contribution in [-0.2, 0) is 11.3 Å². The second kappa shape index (κ2) is 7.12. The Morgan fingerprint density at radius 1 is 1.06 bits per heavy atom. The molecule has 0 aliphatic carbocycles. The van der Waals surface area contributed by atoms with E-state index in [1.165, 1.54) is 5.56 Å². The molecule has 0 spiro atoms. The van der Waals surface area contributed by atoms with Crippen LogP contribution in [0.3, 0.4) is 0 Å². The van der Waals surface area contributed by atoms with Crippen LogP contribution >= 0.6 is 34.2 Å². The first kappa shape index (κ1) is 13.8. The Hall–Kier alpha value is -0.580. The number of ether oxygens (including phenoxy) is 1. The summed E-state index contributed by atoms with van der Waals surface area (Å²) in [5, 5.41) is 0.752. The van der Waals surface area contributed by atoms with E-state index in [4.69, 9.17) is 16.3 Å². The summed E-state index contributed by atoms with van der Waals surface area (Å²) < 4.78 is 6.89. The Morgan fingerprint density at radius 2 is 1.83 bits per heavy atom. The SMILES string of the molecule is Clc1cccc(COC(CI)c2ccccc2)c1. The van der Waals surface area contributed by atoms with Crippen LogP contribution in [0.25, 0.3) is 0 Å². The Balaban J connectivity index is 2.00. The van der Waals surface area contributed by atoms with Crippen LogP contribution in [0.4, 0.5) is 0 Å². The lowest BCUT2D eigenvalue weighted by Crippen LogP contribution is -2.05. The lowest BCUT2D eigenvalue weighted by atomic mass is 10.1. The highest BCUT2D eigenvalue weighted by Crippen LogP contribution is 2.22. The fourth-order valence-electron chi connectivity index (χ4n) is 1.72. The van der Waals surface area contributed by atoms with Gasteiger partial charge in [-0.05, 0) is 23.3 Å². The monoisotopic (exact) mass is 372 g/mol. The van der Waals surface area contributed by atoms with Gasteiger partial charge in [-0.3, -0.25) is 0 Å². The third-order valence-corrected chi connectivity index (χ3v) is 3.69. The first-order valence-electron chi connectivity index (χ1n) is 5.76. The zero-order valence-electron chi connectivity index (χ0n) is 9.85. The summed E-state index contributed by atoms with van der Waals surface area (Å²) in [5.74, 6) is 0. The van der Waals surface area contributed by atoms with Crippen molar-refractivity contribution in [1.29, 1.82) is 0 Å². The maximum absolute atomic E-state index is 5.95. The summed E-state index contributed by atoms with van der Waals surface area (Å²) in [5.41, 5.74) is 2.32. The van der Waals surface area contributed by atoms with E-state index in [2.05, 4.69) is 34.7 Å². The van der Waals surface area contributed by atoms with E-state index in [-0.39, 0.29) is 6.10 Å². The number of hydrogen-bond acceptors (Lipinski definition) is 1. The topological polar surface area (TPSA) is 9.23 Å². The number of rotatable bonds is 5. The van der Waals surface area contributed by atoms with Crippen molar-refractivity contribution < 1.29 is 4.74 Å². The molecule has 0 N–H and O–H groups in total. The van der Waals surface area contributed by atoms with Gasteiger partial charge in [0.05, 0.1) is 12.7 Å². The zero-order chi connectivity index (χ0) is 12.8. The Kier molecular flexibility index (Phi) is 5.47. The molecule has 0 saturated carbocycles. The molecular weight excluding hydrogens is 359 g/mol. The van der Waals surface area contributed by atoms with Crippen LogP contribution in [-0.4, -0.2) is 4.43 Å². The van der Waals surface area contributed by atoms with E-state index in [0.717, 1.165) is 15.0 Å². The molecule has 0 heterocycles. The molecule has 2 rings (SSSR count). The quantitative estimate of drug-likeness (QED) is 0.528. The molecule has 94 valence electrons. The van der Waals surface area contributed by atoms with E-state index in [1.807, 2.05) is 42.5 Å². The molecule has 1 nitrogen and oxygen atoms in total. The molecule has 3 heteroatoms. The third kappa shape index (κ3) is 3.97. The van der Waals surface area contributed by atoms with Gasteiger partial charge in [0.1, 0.15) is 0 Å². The minimum Gasteiger partial charge on any atom is -0.368 e. The Labute approximate surface area is 126 Å². The summed E-state index contributed by atoms with van der Waals surface area (Å²) in [6.07, 6.45) is 0.130. The predicted molar refractivity (Wildman–Crippen MR) is 84.3 cm³/mol. The number of benzene rings is 2. The van der Waals surface area contributed by atoms with Crippen molar-refractivity contribution in [2.75, 3.05) is 4.43 Å². The van der Waals surface area contributed by atoms with Crippen molar-refractivity contribution in [3.05, 3.63) is 70.7 Å². The van der Waals surface area contributed by atoms with Gasteiger partial charge in [0.2, 0.25) is 0 Å². The van der Waals surface area contributed by atoms with Gasteiger partial charge in [0.15, 0.2) is 0 Å². The van der Waals surface area contributed by atoms with Crippen LogP contribution in [0.15, 0.2) is 54.6 Å². The highest BCUT2D eigenvalue weighted by molar-refractivity contribution is 14.1. The van der Waals surface area contributed by atoms with Crippen LogP contribution in [0.5, 0.6) is 0 Å². The van der Waals surface area contributed by atoms with E-state index >= 15 is 0 Å². The van der Waals surface area contributed by atoms with Gasteiger partial charge < -0.3 is 4.74 Å². The summed E-state index contributed by atoms with van der Waals surface area (Å²) in [4.78, 5) is 0. The molecule has 18 heavy (non-hydrogen) atoms. The average Bonchev–Trinajstić information content (AvgIpc) is 2.41. The molecular formula is C15H14ClIO. The molecule has 0 aromatic heterocycles. The van der Waals surface area contributed by atoms with Gasteiger partial charge in [0, 0.05) is 9.45 Å². The van der Waals surface area contributed by atoms with Gasteiger partial charge in [-0.15, -0.1) is 0 Å². The highest BCUT2D eigenvalue weighted by atomic mass is 127. The first-order valence-corrected chi connectivity index (χ1v) is 7.67. The average molecular weight is 373 g/mol. The lowest BCUT2D eigenvalue weighted by Gasteiger charge is -2.16. The van der Waals surface area contributed by atoms with Crippen molar-refractivity contribution in [1.82, 2.24) is 0 Å². The largest absolute Gasteiger partial charge is 0.368 e. The maximum Gasteiger partial charge on any atom is 0.0918 e. The summed E-state index contributed by atoms with van der Waals surface area (Å²) in [7, 11) is 0. The Bertz CT molecular complexity index is 487. The van der Waals surface area contributed by atoms with Crippen LogP contribution in [0, 0.1) is 0 Å². The smallest absolute Gasteiger partial charge is 0.0918 e. The van der Waals surface area contributed by atoms with E-state index in [9.17, 15) is 0 Å². The molecule has 0 fully saturated rings. The zero-order valence-corrected chi connectivity index (χ0v) is 12.8. The van der Waals surface area contributed by atoms with Crippen molar-refractivity contribution in [2.45, 2.75) is 12.7 Å². The molecule has 1 unspecified atom stereocenters. The van der Waals surface area contributed by atoms with Crippen LogP contribution in [0.1, 0.15) is 17.2 Å². The summed E-state index contributed by atoms with van der Waals surface area (Å²) >= 11 is 8.31. The minimum atomic E-state index is 0.130. The molecule has 0 bridgehead atoms. The molecule has 0 aliphatic rings. The summed E-state index contributed by atoms with van der Waals surface area (Å²) in [6.45, 7) is 0.586. The molecule has 0 aliphatic heterocycles. The van der Waals surface area contributed by atoms with Crippen molar-refractivity contribution in [3.8, 4) is 0 Å². The first-order chi connectivity index (χ1) is 8.79. The second-order valence-electron chi connectivity index (χ2n) is 3.99. The van der Waals surface area contributed by atoms with Gasteiger partial charge in [-0.25, -0.2) is 0 Å². The number of hydrogen-bond donors (Lipinski definition) is 0. The highest BCUT2D eigenvalue weighted by Gasteiger charge is 2.10. The third-order valence-electron chi connectivity index (χ3n) is 2.65. The summed E-state index contributed by atoms with van der Waals surface area (Å²) in [6, 6.07) is 18.1. The second-order valence-corrected chi connectivity index (χ2v) is 5.31. The van der Waals surface area contributed by atoms with Crippen LogP contribution < -0.4 is 0 Å². The van der Waals surface area contributed by atoms with E-state index in [1.54, 1.807) is 0 Å². The molecule has 0 amide bonds. The predicted octanol–water partition coefficient (Wildman–Crippen LogP) is 5.03. The van der Waals surface area contributed by atoms with Gasteiger partial charge in [-0.1, -0.05) is 76.7 Å².